The van der Waals surface area contributed by atoms with E-state index in [1.807, 2.05) is 6.07 Å². The van der Waals surface area contributed by atoms with Gasteiger partial charge in [0.05, 0.1) is 17.5 Å². The molecule has 1 aromatic heterocycles. The number of nitrogens with zero attached hydrogens (tertiary/aromatic N) is 2. The van der Waals surface area contributed by atoms with Crippen LogP contribution in [0.4, 0.5) is 0 Å². The van der Waals surface area contributed by atoms with Gasteiger partial charge in [0.25, 0.3) is 0 Å². The zero-order valence-electron chi connectivity index (χ0n) is 9.46. The van der Waals surface area contributed by atoms with Crippen molar-refractivity contribution >= 4 is 10.0 Å². The lowest BCUT2D eigenvalue weighted by Crippen LogP contribution is -2.27. The van der Waals surface area contributed by atoms with Crippen molar-refractivity contribution in [3.63, 3.8) is 0 Å². The maximum atomic E-state index is 11.6. The van der Waals surface area contributed by atoms with E-state index in [4.69, 9.17) is 0 Å². The molecular weight excluding hydrogens is 238 g/mol. The largest absolute Gasteiger partial charge is 0.241 e. The molecule has 2 saturated carbocycles. The molecule has 17 heavy (non-hydrogen) atoms. The zero-order valence-corrected chi connectivity index (χ0v) is 10.3. The van der Waals surface area contributed by atoms with Gasteiger partial charge < -0.3 is 0 Å². The van der Waals surface area contributed by atoms with Crippen molar-refractivity contribution in [3.05, 3.63) is 23.8 Å². The Balaban J connectivity index is 1.66. The average molecular weight is 253 g/mol. The second kappa shape index (κ2) is 4.03. The first-order valence-electron chi connectivity index (χ1n) is 5.94. The molecule has 0 spiro atoms. The van der Waals surface area contributed by atoms with Crippen molar-refractivity contribution in [2.24, 2.45) is 0 Å². The molecule has 2 aliphatic carbocycles. The lowest BCUT2D eigenvalue weighted by Gasteiger charge is -2.05. The van der Waals surface area contributed by atoms with Gasteiger partial charge in [0.2, 0.25) is 10.0 Å². The summed E-state index contributed by atoms with van der Waals surface area (Å²) in [7, 11) is -3.11. The Morgan fingerprint density at radius 3 is 2.65 bits per heavy atom. The quantitative estimate of drug-likeness (QED) is 0.847. The second-order valence-electron chi connectivity index (χ2n) is 4.77. The topological polar surface area (TPSA) is 72.0 Å². The van der Waals surface area contributed by atoms with Crippen LogP contribution >= 0.6 is 0 Å². The van der Waals surface area contributed by atoms with E-state index in [9.17, 15) is 8.42 Å². The van der Waals surface area contributed by atoms with Crippen molar-refractivity contribution in [2.75, 3.05) is 0 Å². The van der Waals surface area contributed by atoms with Crippen molar-refractivity contribution in [3.8, 4) is 0 Å². The first-order valence-corrected chi connectivity index (χ1v) is 7.49. The summed E-state index contributed by atoms with van der Waals surface area (Å²) in [5.41, 5.74) is 1.80. The van der Waals surface area contributed by atoms with Gasteiger partial charge >= 0.3 is 0 Å². The fourth-order valence-corrected chi connectivity index (χ4v) is 3.13. The van der Waals surface area contributed by atoms with Crippen molar-refractivity contribution in [1.82, 2.24) is 14.7 Å². The highest BCUT2D eigenvalue weighted by Crippen LogP contribution is 2.38. The fraction of sp³-hybridized carbons (Fsp3) is 0.636. The third kappa shape index (κ3) is 2.63. The molecule has 0 bridgehead atoms. The standard InChI is InChI=1S/C11H15N3O2S/c15-17(16,10-3-4-10)14-6-9-5-11(8-1-2-8)13-7-12-9/h5,7-8,10,14H,1-4,6H2. The van der Waals surface area contributed by atoms with Crippen molar-refractivity contribution in [2.45, 2.75) is 43.4 Å². The predicted octanol–water partition coefficient (Wildman–Crippen LogP) is 0.936. The fourth-order valence-electron chi connectivity index (χ4n) is 1.78. The minimum absolute atomic E-state index is 0.174. The van der Waals surface area contributed by atoms with Gasteiger partial charge in [-0.05, 0) is 31.7 Å². The van der Waals surface area contributed by atoms with Crippen LogP contribution in [-0.2, 0) is 16.6 Å². The van der Waals surface area contributed by atoms with E-state index in [2.05, 4.69) is 14.7 Å². The Hall–Kier alpha value is -1.01. The van der Waals surface area contributed by atoms with Crippen LogP contribution in [-0.4, -0.2) is 23.6 Å². The highest BCUT2D eigenvalue weighted by atomic mass is 32.2. The van der Waals surface area contributed by atoms with E-state index in [0.717, 1.165) is 24.2 Å². The average Bonchev–Trinajstić information content (AvgIpc) is 3.20. The molecule has 2 fully saturated rings. The van der Waals surface area contributed by atoms with Gasteiger partial charge in [-0.3, -0.25) is 0 Å². The van der Waals surface area contributed by atoms with Gasteiger partial charge in [-0.25, -0.2) is 23.1 Å². The zero-order chi connectivity index (χ0) is 11.9. The van der Waals surface area contributed by atoms with E-state index < -0.39 is 10.0 Å². The molecule has 92 valence electrons. The molecule has 6 heteroatoms. The van der Waals surface area contributed by atoms with Crippen LogP contribution in [0, 0.1) is 0 Å². The van der Waals surface area contributed by atoms with Crippen LogP contribution in [0.3, 0.4) is 0 Å². The molecule has 5 nitrogen and oxygen atoms in total. The van der Waals surface area contributed by atoms with Crippen LogP contribution in [0.15, 0.2) is 12.4 Å². The first-order chi connectivity index (χ1) is 8.15. The smallest absolute Gasteiger partial charge is 0.214 e. The summed E-state index contributed by atoms with van der Waals surface area (Å²) in [6.07, 6.45) is 5.46. The molecular formula is C11H15N3O2S. The number of sulfonamides is 1. The molecule has 0 amide bonds. The third-order valence-electron chi connectivity index (χ3n) is 3.16. The lowest BCUT2D eigenvalue weighted by molar-refractivity contribution is 0.579. The van der Waals surface area contributed by atoms with Gasteiger partial charge in [0, 0.05) is 11.6 Å². The lowest BCUT2D eigenvalue weighted by atomic mass is 10.2. The molecule has 0 aliphatic heterocycles. The molecule has 0 aromatic carbocycles. The van der Waals surface area contributed by atoms with Gasteiger partial charge in [0.1, 0.15) is 6.33 Å². The van der Waals surface area contributed by atoms with Crippen molar-refractivity contribution < 1.29 is 8.42 Å². The van der Waals surface area contributed by atoms with Crippen LogP contribution in [0.5, 0.6) is 0 Å². The van der Waals surface area contributed by atoms with E-state index in [1.54, 1.807) is 0 Å². The van der Waals surface area contributed by atoms with E-state index >= 15 is 0 Å². The minimum Gasteiger partial charge on any atom is -0.241 e. The molecule has 3 rings (SSSR count). The summed E-state index contributed by atoms with van der Waals surface area (Å²) in [6, 6.07) is 1.91. The molecule has 1 aromatic rings. The van der Waals surface area contributed by atoms with Crippen LogP contribution in [0.25, 0.3) is 0 Å². The normalized spacial score (nSPS) is 20.5. The summed E-state index contributed by atoms with van der Waals surface area (Å²) in [4.78, 5) is 8.30. The number of nitrogens with one attached hydrogen (secondary N) is 1. The molecule has 0 saturated heterocycles. The number of aromatic nitrogens is 2. The predicted molar refractivity (Wildman–Crippen MR) is 62.8 cm³/mol. The van der Waals surface area contributed by atoms with Crippen LogP contribution < -0.4 is 4.72 Å². The summed E-state index contributed by atoms with van der Waals surface area (Å²) >= 11 is 0. The second-order valence-corrected chi connectivity index (χ2v) is 6.82. The summed E-state index contributed by atoms with van der Waals surface area (Å²) < 4.78 is 25.9. The maximum Gasteiger partial charge on any atom is 0.214 e. The highest BCUT2D eigenvalue weighted by molar-refractivity contribution is 7.90. The van der Waals surface area contributed by atoms with Crippen LogP contribution in [0.1, 0.15) is 43.0 Å². The molecule has 0 atom stereocenters. The highest BCUT2D eigenvalue weighted by Gasteiger charge is 2.35. The number of rotatable bonds is 5. The van der Waals surface area contributed by atoms with Crippen LogP contribution in [0.2, 0.25) is 0 Å². The van der Waals surface area contributed by atoms with E-state index in [-0.39, 0.29) is 11.8 Å². The molecule has 2 aliphatic rings. The number of hydrogen-bond acceptors (Lipinski definition) is 4. The summed E-state index contributed by atoms with van der Waals surface area (Å²) in [5.74, 6) is 0.566. The third-order valence-corrected chi connectivity index (χ3v) is 5.05. The Morgan fingerprint density at radius 2 is 2.00 bits per heavy atom. The summed E-state index contributed by atoms with van der Waals surface area (Å²) in [6.45, 7) is 0.279. The Morgan fingerprint density at radius 1 is 1.24 bits per heavy atom. The van der Waals surface area contributed by atoms with Gasteiger partial charge in [-0.15, -0.1) is 0 Å². The van der Waals surface area contributed by atoms with Gasteiger partial charge in [0.15, 0.2) is 0 Å². The van der Waals surface area contributed by atoms with E-state index in [1.165, 1.54) is 19.2 Å². The minimum atomic E-state index is -3.11. The summed E-state index contributed by atoms with van der Waals surface area (Å²) in [5, 5.41) is -0.174. The van der Waals surface area contributed by atoms with Gasteiger partial charge in [-0.1, -0.05) is 0 Å². The van der Waals surface area contributed by atoms with Crippen molar-refractivity contribution in [1.29, 1.82) is 0 Å². The molecule has 1 N–H and O–H groups in total. The molecule has 0 unspecified atom stereocenters. The monoisotopic (exact) mass is 253 g/mol. The first kappa shape index (κ1) is 11.1. The molecule has 1 heterocycles. The Labute approximate surface area is 101 Å². The SMILES string of the molecule is O=S(=O)(NCc1cc(C2CC2)ncn1)C1CC1. The maximum absolute atomic E-state index is 11.6. The molecule has 0 radical (unpaired) electrons. The Bertz CT molecular complexity index is 521. The Kier molecular flexibility index (Phi) is 2.63. The van der Waals surface area contributed by atoms with E-state index in [0.29, 0.717) is 5.92 Å². The van der Waals surface area contributed by atoms with Gasteiger partial charge in [-0.2, -0.15) is 0 Å². The number of hydrogen-bond donors (Lipinski definition) is 1.